The highest BCUT2D eigenvalue weighted by atomic mass is 35.5. The van der Waals surface area contributed by atoms with Crippen molar-refractivity contribution in [2.24, 2.45) is 0 Å². The van der Waals surface area contributed by atoms with Crippen molar-refractivity contribution in [2.45, 2.75) is 31.3 Å². The molecule has 2 aromatic carbocycles. The van der Waals surface area contributed by atoms with E-state index in [1.807, 2.05) is 47.4 Å². The fourth-order valence-corrected chi connectivity index (χ4v) is 4.11. The van der Waals surface area contributed by atoms with E-state index < -0.39 is 12.0 Å². The number of aliphatic carboxylic acids is 1. The number of methoxy groups -OCH3 is 2. The maximum atomic E-state index is 12.0. The van der Waals surface area contributed by atoms with Gasteiger partial charge in [0, 0.05) is 5.02 Å². The summed E-state index contributed by atoms with van der Waals surface area (Å²) >= 11 is 6.55. The monoisotopic (exact) mass is 389 g/mol. The van der Waals surface area contributed by atoms with Gasteiger partial charge in [-0.05, 0) is 43.1 Å². The van der Waals surface area contributed by atoms with Gasteiger partial charge in [0.25, 0.3) is 0 Å². The molecule has 0 saturated carbocycles. The van der Waals surface area contributed by atoms with Gasteiger partial charge in [-0.25, -0.2) is 0 Å². The molecule has 0 aromatic heterocycles. The van der Waals surface area contributed by atoms with E-state index in [9.17, 15) is 9.90 Å². The largest absolute Gasteiger partial charge is 0.496 e. The maximum absolute atomic E-state index is 12.0. The minimum absolute atomic E-state index is 0.383. The number of ether oxygens (including phenoxy) is 2. The van der Waals surface area contributed by atoms with Crippen LogP contribution in [0.3, 0.4) is 0 Å². The molecule has 0 bridgehead atoms. The Bertz CT molecular complexity index is 788. The van der Waals surface area contributed by atoms with Gasteiger partial charge in [-0.15, -0.1) is 0 Å². The van der Waals surface area contributed by atoms with Crippen LogP contribution < -0.4 is 9.47 Å². The van der Waals surface area contributed by atoms with Crippen molar-refractivity contribution in [2.75, 3.05) is 20.8 Å². The number of nitrogens with zero attached hydrogens (tertiary/aromatic N) is 1. The lowest BCUT2D eigenvalue weighted by Crippen LogP contribution is -2.47. The van der Waals surface area contributed by atoms with Crippen molar-refractivity contribution in [1.82, 2.24) is 4.90 Å². The van der Waals surface area contributed by atoms with E-state index >= 15 is 0 Å². The number of piperidine rings is 1. The van der Waals surface area contributed by atoms with Gasteiger partial charge in [0.2, 0.25) is 0 Å². The van der Waals surface area contributed by atoms with Gasteiger partial charge in [0.05, 0.1) is 25.8 Å². The molecule has 0 spiro atoms. The summed E-state index contributed by atoms with van der Waals surface area (Å²) in [5.74, 6) is 0.476. The number of likely N-dealkylation sites (tertiary alicyclic amines) is 1. The molecule has 1 heterocycles. The Morgan fingerprint density at radius 3 is 2.37 bits per heavy atom. The van der Waals surface area contributed by atoms with Gasteiger partial charge in [-0.3, -0.25) is 9.69 Å². The Kier molecular flexibility index (Phi) is 6.24. The maximum Gasteiger partial charge on any atom is 0.320 e. The molecular weight excluding hydrogens is 366 g/mol. The van der Waals surface area contributed by atoms with Crippen molar-refractivity contribution >= 4 is 17.6 Å². The van der Waals surface area contributed by atoms with Crippen LogP contribution in [-0.4, -0.2) is 42.8 Å². The molecule has 5 nitrogen and oxygen atoms in total. The third-order valence-corrected chi connectivity index (χ3v) is 5.44. The summed E-state index contributed by atoms with van der Waals surface area (Å²) < 4.78 is 11.2. The quantitative estimate of drug-likeness (QED) is 0.794. The number of carboxylic acids is 1. The van der Waals surface area contributed by atoms with E-state index in [1.165, 1.54) is 0 Å². The second-order valence-corrected chi connectivity index (χ2v) is 7.00. The summed E-state index contributed by atoms with van der Waals surface area (Å²) in [7, 11) is 3.21. The van der Waals surface area contributed by atoms with Crippen LogP contribution in [0.25, 0.3) is 0 Å². The highest BCUT2D eigenvalue weighted by Gasteiger charge is 2.38. The zero-order valence-electron chi connectivity index (χ0n) is 15.5. The Balaban J connectivity index is 2.24. The molecule has 1 fully saturated rings. The van der Waals surface area contributed by atoms with Crippen molar-refractivity contribution in [3.8, 4) is 11.5 Å². The SMILES string of the molecule is COc1cccc(OC)c1C(c1ccccc1Cl)N1CCCCC1C(=O)O. The zero-order valence-corrected chi connectivity index (χ0v) is 16.3. The predicted octanol–water partition coefficient (Wildman–Crippen LogP) is 4.39. The van der Waals surface area contributed by atoms with Crippen LogP contribution in [0.1, 0.15) is 36.4 Å². The summed E-state index contributed by atoms with van der Waals surface area (Å²) in [5.41, 5.74) is 1.64. The molecule has 1 aliphatic rings. The lowest BCUT2D eigenvalue weighted by atomic mass is 9.90. The standard InChI is InChI=1S/C21H24ClNO4/c1-26-17-11-7-12-18(27-2)19(17)20(14-8-3-4-9-15(14)22)23-13-6-5-10-16(23)21(24)25/h3-4,7-9,11-12,16,20H,5-6,10,13H2,1-2H3,(H,24,25). The molecule has 27 heavy (non-hydrogen) atoms. The minimum atomic E-state index is -0.819. The number of benzene rings is 2. The van der Waals surface area contributed by atoms with Crippen LogP contribution in [-0.2, 0) is 4.79 Å². The summed E-state index contributed by atoms with van der Waals surface area (Å²) in [6, 6.07) is 12.2. The fourth-order valence-electron chi connectivity index (χ4n) is 3.87. The zero-order chi connectivity index (χ0) is 19.4. The van der Waals surface area contributed by atoms with Crippen LogP contribution in [0, 0.1) is 0 Å². The normalized spacial score (nSPS) is 18.7. The van der Waals surface area contributed by atoms with E-state index in [4.69, 9.17) is 21.1 Å². The van der Waals surface area contributed by atoms with Crippen molar-refractivity contribution in [3.05, 3.63) is 58.6 Å². The van der Waals surface area contributed by atoms with E-state index in [-0.39, 0.29) is 6.04 Å². The van der Waals surface area contributed by atoms with Gasteiger partial charge < -0.3 is 14.6 Å². The van der Waals surface area contributed by atoms with Gasteiger partial charge in [0.15, 0.2) is 0 Å². The van der Waals surface area contributed by atoms with E-state index in [2.05, 4.69) is 0 Å². The lowest BCUT2D eigenvalue weighted by Gasteiger charge is -2.40. The highest BCUT2D eigenvalue weighted by Crippen LogP contribution is 2.44. The number of hydrogen-bond acceptors (Lipinski definition) is 4. The Morgan fingerprint density at radius 2 is 1.78 bits per heavy atom. The van der Waals surface area contributed by atoms with Gasteiger partial charge in [-0.2, -0.15) is 0 Å². The summed E-state index contributed by atoms with van der Waals surface area (Å²) in [4.78, 5) is 14.0. The molecule has 1 N–H and O–H groups in total. The average Bonchev–Trinajstić information content (AvgIpc) is 2.69. The molecular formula is C21H24ClNO4. The van der Waals surface area contributed by atoms with Crippen LogP contribution in [0.5, 0.6) is 11.5 Å². The van der Waals surface area contributed by atoms with Crippen LogP contribution >= 0.6 is 11.6 Å². The summed E-state index contributed by atoms with van der Waals surface area (Å²) in [6.45, 7) is 0.661. The Hall–Kier alpha value is -2.24. The molecule has 1 saturated heterocycles. The van der Waals surface area contributed by atoms with Crippen LogP contribution in [0.15, 0.2) is 42.5 Å². The van der Waals surface area contributed by atoms with E-state index in [0.717, 1.165) is 24.0 Å². The highest BCUT2D eigenvalue weighted by molar-refractivity contribution is 6.31. The molecule has 144 valence electrons. The molecule has 3 rings (SSSR count). The van der Waals surface area contributed by atoms with E-state index in [1.54, 1.807) is 14.2 Å². The number of rotatable bonds is 6. The average molecular weight is 390 g/mol. The third kappa shape index (κ3) is 3.89. The summed E-state index contributed by atoms with van der Waals surface area (Å²) in [5, 5.41) is 10.4. The molecule has 0 radical (unpaired) electrons. The topological polar surface area (TPSA) is 59.0 Å². The molecule has 2 unspecified atom stereocenters. The molecule has 0 amide bonds. The number of hydrogen-bond donors (Lipinski definition) is 1. The number of halogens is 1. The van der Waals surface area contributed by atoms with E-state index in [0.29, 0.717) is 29.5 Å². The van der Waals surface area contributed by atoms with Gasteiger partial charge in [-0.1, -0.05) is 42.3 Å². The Labute approximate surface area is 164 Å². The lowest BCUT2D eigenvalue weighted by molar-refractivity contribution is -0.145. The summed E-state index contributed by atoms with van der Waals surface area (Å²) in [6.07, 6.45) is 2.43. The molecule has 0 aliphatic carbocycles. The molecule has 1 aliphatic heterocycles. The van der Waals surface area contributed by atoms with Crippen LogP contribution in [0.2, 0.25) is 5.02 Å². The first-order valence-corrected chi connectivity index (χ1v) is 9.40. The van der Waals surface area contributed by atoms with Crippen molar-refractivity contribution in [1.29, 1.82) is 0 Å². The number of carboxylic acid groups (broad SMARTS) is 1. The molecule has 2 aromatic rings. The fraction of sp³-hybridized carbons (Fsp3) is 0.381. The minimum Gasteiger partial charge on any atom is -0.496 e. The first-order valence-electron chi connectivity index (χ1n) is 9.02. The predicted molar refractivity (Wildman–Crippen MR) is 105 cm³/mol. The Morgan fingerprint density at radius 1 is 1.11 bits per heavy atom. The smallest absolute Gasteiger partial charge is 0.320 e. The number of carbonyl (C=O) groups is 1. The van der Waals surface area contributed by atoms with Crippen LogP contribution in [0.4, 0.5) is 0 Å². The second kappa shape index (κ2) is 8.63. The first-order chi connectivity index (χ1) is 13.1. The van der Waals surface area contributed by atoms with Crippen molar-refractivity contribution < 1.29 is 19.4 Å². The third-order valence-electron chi connectivity index (χ3n) is 5.10. The van der Waals surface area contributed by atoms with Gasteiger partial charge in [0.1, 0.15) is 17.5 Å². The second-order valence-electron chi connectivity index (χ2n) is 6.59. The van der Waals surface area contributed by atoms with Crippen molar-refractivity contribution in [3.63, 3.8) is 0 Å². The first kappa shape index (κ1) is 19.5. The van der Waals surface area contributed by atoms with Gasteiger partial charge >= 0.3 is 5.97 Å². The molecule has 2 atom stereocenters. The molecule has 6 heteroatoms.